The van der Waals surface area contributed by atoms with Crippen molar-refractivity contribution in [2.75, 3.05) is 26.2 Å². The summed E-state index contributed by atoms with van der Waals surface area (Å²) in [6.07, 6.45) is 7.17. The van der Waals surface area contributed by atoms with E-state index in [1.54, 1.807) is 29.0 Å². The third kappa shape index (κ3) is 7.80. The minimum Gasteiger partial charge on any atom is -0.348 e. The van der Waals surface area contributed by atoms with Gasteiger partial charge in [0, 0.05) is 72.6 Å². The van der Waals surface area contributed by atoms with Crippen molar-refractivity contribution in [2.24, 2.45) is 0 Å². The van der Waals surface area contributed by atoms with Crippen molar-refractivity contribution < 1.29 is 19.4 Å². The Bertz CT molecular complexity index is 1650. The van der Waals surface area contributed by atoms with Crippen molar-refractivity contribution in [3.8, 4) is 0 Å². The lowest BCUT2D eigenvalue weighted by Crippen LogP contribution is -2.39. The molecule has 1 amide bonds. The van der Waals surface area contributed by atoms with Gasteiger partial charge in [0.05, 0.1) is 26.4 Å². The summed E-state index contributed by atoms with van der Waals surface area (Å²) >= 11 is 0. The van der Waals surface area contributed by atoms with Gasteiger partial charge in [-0.2, -0.15) is 0 Å². The molecule has 13 heteroatoms. The molecule has 12 nitrogen and oxygen atoms in total. The van der Waals surface area contributed by atoms with E-state index >= 15 is 0 Å². The summed E-state index contributed by atoms with van der Waals surface area (Å²) in [4.78, 5) is 48.3. The van der Waals surface area contributed by atoms with E-state index in [2.05, 4.69) is 24.1 Å². The summed E-state index contributed by atoms with van der Waals surface area (Å²) in [6, 6.07) is 11.6. The number of fused-ring (bicyclic) bond motifs is 2. The second-order valence-corrected chi connectivity index (χ2v) is 11.3. The molecule has 2 aromatic carbocycles. The van der Waals surface area contributed by atoms with Gasteiger partial charge in [-0.05, 0) is 71.8 Å². The Morgan fingerprint density at radius 1 is 0.841 bits per heavy atom. The number of non-ortho nitro benzene ring substituents is 2. The van der Waals surface area contributed by atoms with E-state index in [-0.39, 0.29) is 40.3 Å². The predicted molar refractivity (Wildman–Crippen MR) is 173 cm³/mol. The lowest BCUT2D eigenvalue weighted by molar-refractivity contribution is -0.384. The van der Waals surface area contributed by atoms with Gasteiger partial charge >= 0.3 is 0 Å². The van der Waals surface area contributed by atoms with Gasteiger partial charge in [0.2, 0.25) is 0 Å². The zero-order chi connectivity index (χ0) is 31.3. The highest BCUT2D eigenvalue weighted by molar-refractivity contribution is 6.45. The lowest BCUT2D eigenvalue weighted by atomic mass is 10.1. The number of aromatic nitrogens is 2. The quantitative estimate of drug-likeness (QED) is 0.0970. The smallest absolute Gasteiger partial charge is 0.292 e. The van der Waals surface area contributed by atoms with Crippen LogP contribution in [0.3, 0.4) is 0 Å². The number of nitrogens with zero attached hydrogens (tertiary/aromatic N) is 5. The number of carbonyl (C=O) groups excluding carboxylic acids is 2. The second kappa shape index (κ2) is 14.9. The standard InChI is InChI=1S/C20H26N4O4.C11H12N2O2.ClH/c1-14(2)23-13-17(16-7-6-15(24(27)28)12-18(16)23)19(25)20(26)21-8-11-22-9-4-3-5-10-22;1-8(2)12-6-5-9-3-4-10(13(14)15)7-11(9)12;/h6-7,12-14H,3-5,8-11H2,1-2H3,(H,21,26);3-8H,1-2H3;1H. The zero-order valence-corrected chi connectivity index (χ0v) is 26.2. The summed E-state index contributed by atoms with van der Waals surface area (Å²) in [5.41, 5.74) is 1.86. The Balaban J connectivity index is 0.000000279. The van der Waals surface area contributed by atoms with Crippen LogP contribution in [0.5, 0.6) is 0 Å². The molecule has 3 heterocycles. The fourth-order valence-electron chi connectivity index (χ4n) is 5.38. The van der Waals surface area contributed by atoms with Gasteiger partial charge in [-0.25, -0.2) is 0 Å². The van der Waals surface area contributed by atoms with Crippen LogP contribution in [-0.2, 0) is 4.79 Å². The summed E-state index contributed by atoms with van der Waals surface area (Å²) < 4.78 is 3.82. The van der Waals surface area contributed by atoms with Gasteiger partial charge in [-0.1, -0.05) is 6.42 Å². The monoisotopic (exact) mass is 626 g/mol. The maximum Gasteiger partial charge on any atom is 0.292 e. The average molecular weight is 627 g/mol. The van der Waals surface area contributed by atoms with E-state index in [0.29, 0.717) is 23.5 Å². The van der Waals surface area contributed by atoms with Crippen LogP contribution in [0.1, 0.15) is 69.4 Å². The molecule has 0 saturated carbocycles. The van der Waals surface area contributed by atoms with E-state index in [4.69, 9.17) is 0 Å². The lowest BCUT2D eigenvalue weighted by Gasteiger charge is -2.26. The van der Waals surface area contributed by atoms with Crippen LogP contribution in [0.25, 0.3) is 21.8 Å². The van der Waals surface area contributed by atoms with E-state index in [1.165, 1.54) is 37.5 Å². The minimum atomic E-state index is -0.641. The Morgan fingerprint density at radius 3 is 2.02 bits per heavy atom. The molecule has 1 aliphatic heterocycles. The Hall–Kier alpha value is -4.29. The van der Waals surface area contributed by atoms with Crippen LogP contribution in [0, 0.1) is 20.2 Å². The number of nitrogens with one attached hydrogen (secondary N) is 1. The molecule has 0 radical (unpaired) electrons. The van der Waals surface area contributed by atoms with Crippen molar-refractivity contribution in [3.63, 3.8) is 0 Å². The van der Waals surface area contributed by atoms with Crippen LogP contribution in [-0.4, -0.2) is 61.8 Å². The number of rotatable bonds is 9. The van der Waals surface area contributed by atoms with Gasteiger partial charge in [0.1, 0.15) is 0 Å². The third-order valence-electron chi connectivity index (χ3n) is 7.67. The summed E-state index contributed by atoms with van der Waals surface area (Å²) in [5, 5.41) is 26.0. The Kier molecular flexibility index (Phi) is 11.6. The molecular weight excluding hydrogens is 588 g/mol. The molecule has 0 atom stereocenters. The van der Waals surface area contributed by atoms with E-state index < -0.39 is 16.6 Å². The van der Waals surface area contributed by atoms with Gasteiger partial charge in [0.15, 0.2) is 0 Å². The number of hydrogen-bond acceptors (Lipinski definition) is 7. The third-order valence-corrected chi connectivity index (χ3v) is 7.67. The molecule has 1 N–H and O–H groups in total. The molecule has 2 aromatic heterocycles. The molecule has 4 aromatic rings. The molecule has 5 rings (SSSR count). The molecule has 0 bridgehead atoms. The van der Waals surface area contributed by atoms with E-state index in [1.807, 2.05) is 30.7 Å². The zero-order valence-electron chi connectivity index (χ0n) is 25.4. The Labute approximate surface area is 261 Å². The molecular formula is C31H39ClN6O6. The van der Waals surface area contributed by atoms with Crippen LogP contribution >= 0.6 is 12.4 Å². The molecule has 1 fully saturated rings. The van der Waals surface area contributed by atoms with E-state index in [0.717, 1.165) is 30.5 Å². The maximum atomic E-state index is 12.7. The normalized spacial score (nSPS) is 13.4. The summed E-state index contributed by atoms with van der Waals surface area (Å²) in [7, 11) is 0. The first kappa shape index (κ1) is 34.2. The summed E-state index contributed by atoms with van der Waals surface area (Å²) in [5.74, 6) is -1.25. The van der Waals surface area contributed by atoms with Crippen LogP contribution < -0.4 is 5.32 Å². The van der Waals surface area contributed by atoms with Crippen LogP contribution in [0.15, 0.2) is 54.9 Å². The number of nitro benzene ring substituents is 2. The maximum absolute atomic E-state index is 12.7. The number of hydrogen-bond donors (Lipinski definition) is 1. The predicted octanol–water partition coefficient (Wildman–Crippen LogP) is 6.47. The minimum absolute atomic E-state index is 0. The highest BCUT2D eigenvalue weighted by Crippen LogP contribution is 2.29. The Morgan fingerprint density at radius 2 is 1.43 bits per heavy atom. The highest BCUT2D eigenvalue weighted by Gasteiger charge is 2.24. The van der Waals surface area contributed by atoms with Crippen molar-refractivity contribution in [3.05, 3.63) is 80.7 Å². The molecule has 0 unspecified atom stereocenters. The second-order valence-electron chi connectivity index (χ2n) is 11.3. The average Bonchev–Trinajstić information content (AvgIpc) is 3.59. The van der Waals surface area contributed by atoms with Gasteiger partial charge in [0.25, 0.3) is 23.1 Å². The molecule has 44 heavy (non-hydrogen) atoms. The van der Waals surface area contributed by atoms with Gasteiger partial charge in [-0.15, -0.1) is 12.4 Å². The van der Waals surface area contributed by atoms with Gasteiger partial charge in [-0.3, -0.25) is 29.8 Å². The van der Waals surface area contributed by atoms with Crippen molar-refractivity contribution in [1.29, 1.82) is 0 Å². The number of piperidine rings is 1. The van der Waals surface area contributed by atoms with Crippen LogP contribution in [0.4, 0.5) is 11.4 Å². The number of amides is 1. The molecule has 1 aliphatic rings. The molecule has 0 aliphatic carbocycles. The fourth-order valence-corrected chi connectivity index (χ4v) is 5.38. The molecule has 1 saturated heterocycles. The topological polar surface area (TPSA) is 146 Å². The number of halogens is 1. The van der Waals surface area contributed by atoms with Gasteiger partial charge < -0.3 is 19.4 Å². The number of likely N-dealkylation sites (tertiary alicyclic amines) is 1. The number of Topliss-reactive ketones (excluding diaryl/α,β-unsaturated/α-hetero) is 1. The molecule has 236 valence electrons. The number of carbonyl (C=O) groups is 2. The number of benzene rings is 2. The largest absolute Gasteiger partial charge is 0.348 e. The number of nitro groups is 2. The fraction of sp³-hybridized carbons (Fsp3) is 0.419. The van der Waals surface area contributed by atoms with Crippen molar-refractivity contribution >= 4 is 57.3 Å². The first-order chi connectivity index (χ1) is 20.5. The highest BCUT2D eigenvalue weighted by atomic mass is 35.5. The van der Waals surface area contributed by atoms with E-state index in [9.17, 15) is 29.8 Å². The van der Waals surface area contributed by atoms with Crippen molar-refractivity contribution in [1.82, 2.24) is 19.4 Å². The number of ketones is 1. The van der Waals surface area contributed by atoms with Crippen molar-refractivity contribution in [2.45, 2.75) is 59.0 Å². The first-order valence-corrected chi connectivity index (χ1v) is 14.6. The first-order valence-electron chi connectivity index (χ1n) is 14.6. The van der Waals surface area contributed by atoms with Crippen LogP contribution in [0.2, 0.25) is 0 Å². The summed E-state index contributed by atoms with van der Waals surface area (Å²) in [6.45, 7) is 11.2. The molecule has 0 spiro atoms. The SMILES string of the molecule is CC(C)n1cc(C(=O)C(=O)NCCN2CCCCC2)c2ccc([N+](=O)[O-])cc21.CC(C)n1ccc2ccc([N+](=O)[O-])cc21.Cl.